The average molecular weight is 198 g/mol. The first kappa shape index (κ1) is 10.7. The Balaban J connectivity index is 1.90. The van der Waals surface area contributed by atoms with E-state index in [4.69, 9.17) is 4.74 Å². The maximum absolute atomic E-state index is 5.51. The van der Waals surface area contributed by atoms with Crippen LogP contribution >= 0.6 is 11.3 Å². The number of ether oxygens (including phenoxy) is 1. The fourth-order valence-electron chi connectivity index (χ4n) is 1.18. The molecule has 1 aromatic heterocycles. The van der Waals surface area contributed by atoms with Gasteiger partial charge >= 0.3 is 0 Å². The number of thiophene rings is 1. The van der Waals surface area contributed by atoms with Gasteiger partial charge in [-0.2, -0.15) is 11.3 Å². The quantitative estimate of drug-likeness (QED) is 0.609. The zero-order valence-electron chi connectivity index (χ0n) is 8.29. The van der Waals surface area contributed by atoms with Crippen LogP contribution in [0.25, 0.3) is 0 Å². The first-order valence-electron chi connectivity index (χ1n) is 5.02. The fourth-order valence-corrected chi connectivity index (χ4v) is 1.88. The second kappa shape index (κ2) is 7.10. The Morgan fingerprint density at radius 3 is 2.92 bits per heavy atom. The molecule has 0 radical (unpaired) electrons. The van der Waals surface area contributed by atoms with Crippen molar-refractivity contribution in [1.29, 1.82) is 0 Å². The van der Waals surface area contributed by atoms with Crippen LogP contribution in [0.2, 0.25) is 0 Å². The highest BCUT2D eigenvalue weighted by Gasteiger charge is 1.92. The Morgan fingerprint density at radius 1 is 1.31 bits per heavy atom. The van der Waals surface area contributed by atoms with Crippen molar-refractivity contribution in [2.45, 2.75) is 32.6 Å². The lowest BCUT2D eigenvalue weighted by atomic mass is 10.2. The molecule has 0 fully saturated rings. The largest absolute Gasteiger partial charge is 0.381 e. The van der Waals surface area contributed by atoms with Gasteiger partial charge in [0.1, 0.15) is 0 Å². The van der Waals surface area contributed by atoms with Crippen molar-refractivity contribution in [1.82, 2.24) is 0 Å². The molecule has 0 N–H and O–H groups in total. The fraction of sp³-hybridized carbons (Fsp3) is 0.636. The highest BCUT2D eigenvalue weighted by molar-refractivity contribution is 7.07. The van der Waals surface area contributed by atoms with Gasteiger partial charge in [0.2, 0.25) is 0 Å². The van der Waals surface area contributed by atoms with E-state index in [-0.39, 0.29) is 0 Å². The number of hydrogen-bond acceptors (Lipinski definition) is 2. The lowest BCUT2D eigenvalue weighted by Crippen LogP contribution is -1.99. The van der Waals surface area contributed by atoms with Crippen molar-refractivity contribution in [3.8, 4) is 0 Å². The molecular weight excluding hydrogens is 180 g/mol. The summed E-state index contributed by atoms with van der Waals surface area (Å²) < 4.78 is 5.51. The van der Waals surface area contributed by atoms with Gasteiger partial charge in [0.25, 0.3) is 0 Å². The summed E-state index contributed by atoms with van der Waals surface area (Å²) in [6, 6.07) is 2.17. The lowest BCUT2D eigenvalue weighted by Gasteiger charge is -2.01. The van der Waals surface area contributed by atoms with Gasteiger partial charge in [-0.05, 0) is 35.2 Å². The average Bonchev–Trinajstić information content (AvgIpc) is 2.63. The molecule has 0 aromatic carbocycles. The van der Waals surface area contributed by atoms with Gasteiger partial charge in [-0.25, -0.2) is 0 Å². The normalized spacial score (nSPS) is 10.5. The van der Waals surface area contributed by atoms with Crippen LogP contribution in [-0.4, -0.2) is 13.2 Å². The zero-order valence-corrected chi connectivity index (χ0v) is 9.11. The summed E-state index contributed by atoms with van der Waals surface area (Å²) in [6.07, 6.45) is 4.84. The Labute approximate surface area is 84.7 Å². The van der Waals surface area contributed by atoms with Gasteiger partial charge in [0, 0.05) is 6.61 Å². The van der Waals surface area contributed by atoms with E-state index in [2.05, 4.69) is 23.8 Å². The van der Waals surface area contributed by atoms with Crippen molar-refractivity contribution < 1.29 is 4.74 Å². The molecule has 0 saturated carbocycles. The van der Waals surface area contributed by atoms with Crippen molar-refractivity contribution in [3.05, 3.63) is 22.4 Å². The highest BCUT2D eigenvalue weighted by atomic mass is 32.1. The van der Waals surface area contributed by atoms with Gasteiger partial charge in [-0.15, -0.1) is 0 Å². The van der Waals surface area contributed by atoms with Crippen LogP contribution < -0.4 is 0 Å². The van der Waals surface area contributed by atoms with E-state index in [0.29, 0.717) is 0 Å². The molecule has 0 aliphatic heterocycles. The number of hydrogen-bond donors (Lipinski definition) is 0. The molecular formula is C11H18OS. The van der Waals surface area contributed by atoms with E-state index >= 15 is 0 Å². The van der Waals surface area contributed by atoms with Crippen molar-refractivity contribution in [2.75, 3.05) is 13.2 Å². The molecule has 2 heteroatoms. The Bertz CT molecular complexity index is 194. The molecule has 74 valence electrons. The van der Waals surface area contributed by atoms with E-state index in [1.165, 1.54) is 24.8 Å². The van der Waals surface area contributed by atoms with Crippen LogP contribution in [0.15, 0.2) is 16.8 Å². The Kier molecular flexibility index (Phi) is 5.87. The van der Waals surface area contributed by atoms with Gasteiger partial charge < -0.3 is 4.74 Å². The van der Waals surface area contributed by atoms with E-state index in [0.717, 1.165) is 19.6 Å². The number of unbranched alkanes of at least 4 members (excludes halogenated alkanes) is 2. The van der Waals surface area contributed by atoms with Crippen LogP contribution in [-0.2, 0) is 11.2 Å². The molecule has 0 bridgehead atoms. The van der Waals surface area contributed by atoms with Crippen LogP contribution in [0.1, 0.15) is 31.7 Å². The van der Waals surface area contributed by atoms with Crippen LogP contribution in [0, 0.1) is 0 Å². The minimum atomic E-state index is 0.875. The first-order valence-corrected chi connectivity index (χ1v) is 5.96. The molecule has 13 heavy (non-hydrogen) atoms. The molecule has 0 atom stereocenters. The smallest absolute Gasteiger partial charge is 0.0506 e. The van der Waals surface area contributed by atoms with E-state index in [1.54, 1.807) is 11.3 Å². The van der Waals surface area contributed by atoms with Crippen LogP contribution in [0.5, 0.6) is 0 Å². The van der Waals surface area contributed by atoms with Crippen molar-refractivity contribution in [3.63, 3.8) is 0 Å². The van der Waals surface area contributed by atoms with Crippen molar-refractivity contribution >= 4 is 11.3 Å². The lowest BCUT2D eigenvalue weighted by molar-refractivity contribution is 0.133. The van der Waals surface area contributed by atoms with Crippen LogP contribution in [0.4, 0.5) is 0 Å². The monoisotopic (exact) mass is 198 g/mol. The topological polar surface area (TPSA) is 9.23 Å². The maximum atomic E-state index is 5.51. The second-order valence-corrected chi connectivity index (χ2v) is 3.98. The third-order valence-electron chi connectivity index (χ3n) is 2.01. The van der Waals surface area contributed by atoms with Crippen LogP contribution in [0.3, 0.4) is 0 Å². The molecule has 0 aliphatic carbocycles. The summed E-state index contributed by atoms with van der Waals surface area (Å²) in [4.78, 5) is 0. The summed E-state index contributed by atoms with van der Waals surface area (Å²) in [5.41, 5.74) is 1.40. The molecule has 1 aromatic rings. The summed E-state index contributed by atoms with van der Waals surface area (Å²) in [7, 11) is 0. The molecule has 0 aliphatic rings. The SMILES string of the molecule is CCCCCOCCc1ccsc1. The summed E-state index contributed by atoms with van der Waals surface area (Å²) >= 11 is 1.76. The first-order chi connectivity index (χ1) is 6.43. The molecule has 1 rings (SSSR count). The maximum Gasteiger partial charge on any atom is 0.0506 e. The Hall–Kier alpha value is -0.340. The Morgan fingerprint density at radius 2 is 2.23 bits per heavy atom. The van der Waals surface area contributed by atoms with Gasteiger partial charge in [-0.3, -0.25) is 0 Å². The predicted molar refractivity (Wildman–Crippen MR) is 58.4 cm³/mol. The van der Waals surface area contributed by atoms with E-state index in [1.807, 2.05) is 0 Å². The highest BCUT2D eigenvalue weighted by Crippen LogP contribution is 2.06. The second-order valence-electron chi connectivity index (χ2n) is 3.20. The molecule has 0 spiro atoms. The van der Waals surface area contributed by atoms with Gasteiger partial charge in [-0.1, -0.05) is 19.8 Å². The standard InChI is InChI=1S/C11H18OS/c1-2-3-4-7-12-8-5-11-6-9-13-10-11/h6,9-10H,2-5,7-8H2,1H3. The summed E-state index contributed by atoms with van der Waals surface area (Å²) in [5, 5.41) is 4.31. The minimum Gasteiger partial charge on any atom is -0.381 e. The number of rotatable bonds is 7. The molecule has 0 unspecified atom stereocenters. The van der Waals surface area contributed by atoms with E-state index in [9.17, 15) is 0 Å². The molecule has 1 nitrogen and oxygen atoms in total. The molecule has 0 amide bonds. The van der Waals surface area contributed by atoms with Gasteiger partial charge in [0.05, 0.1) is 6.61 Å². The summed E-state index contributed by atoms with van der Waals surface area (Å²) in [5.74, 6) is 0. The summed E-state index contributed by atoms with van der Waals surface area (Å²) in [6.45, 7) is 4.02. The molecule has 0 saturated heterocycles. The third kappa shape index (κ3) is 5.06. The molecule has 1 heterocycles. The third-order valence-corrected chi connectivity index (χ3v) is 2.74. The zero-order chi connectivity index (χ0) is 9.36. The minimum absolute atomic E-state index is 0.875. The van der Waals surface area contributed by atoms with Gasteiger partial charge in [0.15, 0.2) is 0 Å². The van der Waals surface area contributed by atoms with E-state index < -0.39 is 0 Å². The van der Waals surface area contributed by atoms with Crippen molar-refractivity contribution in [2.24, 2.45) is 0 Å². The predicted octanol–water partition coefficient (Wildman–Crippen LogP) is 3.50.